The van der Waals surface area contributed by atoms with Crippen molar-refractivity contribution in [1.29, 1.82) is 10.5 Å². The molecule has 7 nitrogen and oxygen atoms in total. The Morgan fingerprint density at radius 1 is 1.22 bits per heavy atom. The summed E-state index contributed by atoms with van der Waals surface area (Å²) in [6.45, 7) is 3.45. The SMILES string of the molecule is CC1CCC2(CC1)NC(=O)N(C[NH+](CCC#N)CCC#N)C2=O. The zero-order valence-corrected chi connectivity index (χ0v) is 13.6. The van der Waals surface area contributed by atoms with Crippen molar-refractivity contribution in [3.8, 4) is 12.1 Å². The van der Waals surface area contributed by atoms with E-state index in [4.69, 9.17) is 10.5 Å². The van der Waals surface area contributed by atoms with Crippen LogP contribution in [0.5, 0.6) is 0 Å². The molecule has 0 atom stereocenters. The number of carbonyl (C=O) groups is 2. The minimum atomic E-state index is -0.723. The molecule has 2 fully saturated rings. The predicted molar refractivity (Wildman–Crippen MR) is 81.8 cm³/mol. The standard InChI is InChI=1S/C16H23N5O2/c1-13-4-6-16(7-5-13)14(22)21(15(23)19-16)12-20(10-2-8-17)11-3-9-18/h13H,2-7,10-12H2,1H3,(H,19,23)/p+1. The van der Waals surface area contributed by atoms with Gasteiger partial charge in [-0.1, -0.05) is 6.92 Å². The fraction of sp³-hybridized carbons (Fsp3) is 0.750. The summed E-state index contributed by atoms with van der Waals surface area (Å²) in [5.41, 5.74) is -0.723. The van der Waals surface area contributed by atoms with Gasteiger partial charge in [-0.25, -0.2) is 9.69 Å². The van der Waals surface area contributed by atoms with Crippen molar-refractivity contribution in [2.24, 2.45) is 5.92 Å². The van der Waals surface area contributed by atoms with E-state index in [9.17, 15) is 9.59 Å². The Morgan fingerprint density at radius 2 is 1.78 bits per heavy atom. The number of carbonyl (C=O) groups excluding carboxylic acids is 2. The molecule has 0 bridgehead atoms. The minimum Gasteiger partial charge on any atom is -0.323 e. The average molecular weight is 318 g/mol. The molecule has 0 aromatic carbocycles. The molecule has 1 aliphatic carbocycles. The summed E-state index contributed by atoms with van der Waals surface area (Å²) >= 11 is 0. The zero-order chi connectivity index (χ0) is 16.9. The topological polar surface area (TPSA) is 101 Å². The summed E-state index contributed by atoms with van der Waals surface area (Å²) in [5, 5.41) is 20.4. The van der Waals surface area contributed by atoms with Gasteiger partial charge in [0, 0.05) is 0 Å². The summed E-state index contributed by atoms with van der Waals surface area (Å²) < 4.78 is 0. The van der Waals surface area contributed by atoms with Crippen molar-refractivity contribution in [3.63, 3.8) is 0 Å². The van der Waals surface area contributed by atoms with E-state index in [-0.39, 0.29) is 18.6 Å². The highest BCUT2D eigenvalue weighted by atomic mass is 16.2. The van der Waals surface area contributed by atoms with Crippen molar-refractivity contribution >= 4 is 11.9 Å². The van der Waals surface area contributed by atoms with Crippen LogP contribution in [0.3, 0.4) is 0 Å². The number of rotatable bonds is 6. The number of quaternary nitrogens is 1. The first-order valence-corrected chi connectivity index (χ1v) is 8.24. The van der Waals surface area contributed by atoms with Gasteiger partial charge in [0.2, 0.25) is 0 Å². The Bertz CT molecular complexity index is 522. The molecule has 1 saturated carbocycles. The Morgan fingerprint density at radius 3 is 2.30 bits per heavy atom. The molecule has 0 aromatic rings. The first-order chi connectivity index (χ1) is 11.0. The Balaban J connectivity index is 2.03. The predicted octanol–water partition coefficient (Wildman–Crippen LogP) is 0.157. The molecule has 0 unspecified atom stereocenters. The molecule has 3 amide bonds. The van der Waals surface area contributed by atoms with Crippen LogP contribution in [0.1, 0.15) is 45.4 Å². The third-order valence-electron chi connectivity index (χ3n) is 4.94. The van der Waals surface area contributed by atoms with Crippen molar-refractivity contribution < 1.29 is 14.5 Å². The molecular weight excluding hydrogens is 294 g/mol. The Labute approximate surface area is 136 Å². The summed E-state index contributed by atoms with van der Waals surface area (Å²) in [4.78, 5) is 27.2. The largest absolute Gasteiger partial charge is 0.329 e. The fourth-order valence-corrected chi connectivity index (χ4v) is 3.39. The van der Waals surface area contributed by atoms with E-state index < -0.39 is 5.54 Å². The Hall–Kier alpha value is -2.12. The molecule has 23 heavy (non-hydrogen) atoms. The molecule has 1 saturated heterocycles. The number of hydrogen-bond acceptors (Lipinski definition) is 4. The van der Waals surface area contributed by atoms with Crippen LogP contribution < -0.4 is 10.2 Å². The normalized spacial score (nSPS) is 27.1. The van der Waals surface area contributed by atoms with Gasteiger partial charge in [0.05, 0.1) is 38.1 Å². The van der Waals surface area contributed by atoms with Gasteiger partial charge in [-0.3, -0.25) is 4.79 Å². The van der Waals surface area contributed by atoms with Crippen molar-refractivity contribution in [1.82, 2.24) is 10.2 Å². The maximum absolute atomic E-state index is 12.8. The first kappa shape index (κ1) is 17.2. The van der Waals surface area contributed by atoms with Gasteiger partial charge in [0.15, 0.2) is 6.67 Å². The molecule has 124 valence electrons. The molecule has 0 aromatic heterocycles. The quantitative estimate of drug-likeness (QED) is 0.681. The maximum Gasteiger partial charge on any atom is 0.329 e. The van der Waals surface area contributed by atoms with Gasteiger partial charge in [-0.05, 0) is 31.6 Å². The summed E-state index contributed by atoms with van der Waals surface area (Å²) in [7, 11) is 0. The second-order valence-corrected chi connectivity index (χ2v) is 6.65. The van der Waals surface area contributed by atoms with Crippen molar-refractivity contribution in [2.75, 3.05) is 19.8 Å². The van der Waals surface area contributed by atoms with Gasteiger partial charge in [-0.15, -0.1) is 0 Å². The molecule has 7 heteroatoms. The van der Waals surface area contributed by atoms with E-state index in [1.165, 1.54) is 4.90 Å². The van der Waals surface area contributed by atoms with E-state index >= 15 is 0 Å². The fourth-order valence-electron chi connectivity index (χ4n) is 3.39. The summed E-state index contributed by atoms with van der Waals surface area (Å²) in [6, 6.07) is 3.81. The lowest BCUT2D eigenvalue weighted by atomic mass is 9.77. The number of nitriles is 2. The van der Waals surface area contributed by atoms with Gasteiger partial charge in [0.25, 0.3) is 5.91 Å². The number of nitrogens with zero attached hydrogens (tertiary/aromatic N) is 3. The second-order valence-electron chi connectivity index (χ2n) is 6.65. The van der Waals surface area contributed by atoms with Crippen molar-refractivity contribution in [2.45, 2.75) is 51.0 Å². The Kier molecular flexibility index (Phi) is 5.57. The van der Waals surface area contributed by atoms with Crippen LogP contribution in [0.25, 0.3) is 0 Å². The van der Waals surface area contributed by atoms with Crippen LogP contribution in [0.4, 0.5) is 4.79 Å². The van der Waals surface area contributed by atoms with E-state index in [0.717, 1.165) is 17.7 Å². The number of urea groups is 1. The van der Waals surface area contributed by atoms with Crippen LogP contribution >= 0.6 is 0 Å². The van der Waals surface area contributed by atoms with Crippen LogP contribution in [0.2, 0.25) is 0 Å². The highest BCUT2D eigenvalue weighted by molar-refractivity contribution is 6.06. The van der Waals surface area contributed by atoms with Crippen LogP contribution in [-0.4, -0.2) is 42.1 Å². The monoisotopic (exact) mass is 318 g/mol. The molecule has 2 rings (SSSR count). The minimum absolute atomic E-state index is 0.138. The van der Waals surface area contributed by atoms with E-state index in [1.807, 2.05) is 0 Å². The third-order valence-corrected chi connectivity index (χ3v) is 4.94. The van der Waals surface area contributed by atoms with Crippen LogP contribution in [0.15, 0.2) is 0 Å². The number of hydrogen-bond donors (Lipinski definition) is 2. The highest BCUT2D eigenvalue weighted by Crippen LogP contribution is 2.35. The molecular formula is C16H24N5O2+. The maximum atomic E-state index is 12.8. The van der Waals surface area contributed by atoms with Gasteiger partial charge >= 0.3 is 6.03 Å². The summed E-state index contributed by atoms with van der Waals surface area (Å²) in [6.07, 6.45) is 3.96. The first-order valence-electron chi connectivity index (χ1n) is 8.24. The smallest absolute Gasteiger partial charge is 0.323 e. The van der Waals surface area contributed by atoms with E-state index in [0.29, 0.717) is 44.7 Å². The van der Waals surface area contributed by atoms with Gasteiger partial charge in [0.1, 0.15) is 5.54 Å². The van der Waals surface area contributed by atoms with E-state index in [1.54, 1.807) is 0 Å². The van der Waals surface area contributed by atoms with E-state index in [2.05, 4.69) is 24.4 Å². The number of nitrogens with one attached hydrogen (secondary N) is 2. The lowest BCUT2D eigenvalue weighted by Gasteiger charge is -2.33. The van der Waals surface area contributed by atoms with Crippen LogP contribution in [0, 0.1) is 28.6 Å². The molecule has 1 heterocycles. The van der Waals surface area contributed by atoms with Gasteiger partial charge < -0.3 is 10.2 Å². The zero-order valence-electron chi connectivity index (χ0n) is 13.6. The number of imide groups is 1. The summed E-state index contributed by atoms with van der Waals surface area (Å²) in [5.74, 6) is 0.452. The van der Waals surface area contributed by atoms with Gasteiger partial charge in [-0.2, -0.15) is 10.5 Å². The molecule has 2 aliphatic rings. The molecule has 0 radical (unpaired) electrons. The second kappa shape index (κ2) is 7.43. The molecule has 2 N–H and O–H groups in total. The van der Waals surface area contributed by atoms with Crippen LogP contribution in [-0.2, 0) is 4.79 Å². The average Bonchev–Trinajstić information content (AvgIpc) is 2.77. The number of amides is 3. The molecule has 1 spiro atoms. The van der Waals surface area contributed by atoms with Crippen molar-refractivity contribution in [3.05, 3.63) is 0 Å². The lowest BCUT2D eigenvalue weighted by Crippen LogP contribution is -3.13. The third kappa shape index (κ3) is 3.80. The highest BCUT2D eigenvalue weighted by Gasteiger charge is 2.52. The molecule has 1 aliphatic heterocycles. The lowest BCUT2D eigenvalue weighted by molar-refractivity contribution is -0.906.